The molecule has 5 aliphatic rings. The van der Waals surface area contributed by atoms with Gasteiger partial charge in [0.1, 0.15) is 0 Å². The smallest absolute Gasteiger partial charge is 0.309 e. The number of carbonyl (C=O) groups excluding carboxylic acids is 1. The van der Waals surface area contributed by atoms with Gasteiger partial charge in [-0.05, 0) is 110 Å². The van der Waals surface area contributed by atoms with E-state index in [1.54, 1.807) is 7.11 Å². The molecule has 0 unspecified atom stereocenters. The molecule has 0 aliphatic heterocycles. The van der Waals surface area contributed by atoms with Crippen molar-refractivity contribution in [3.8, 4) is 0 Å². The zero-order chi connectivity index (χ0) is 28.6. The Balaban J connectivity index is 1.50. The van der Waals surface area contributed by atoms with Crippen LogP contribution in [0.4, 0.5) is 0 Å². The molecule has 5 rings (SSSR count). The number of ketones is 1. The average Bonchev–Trinajstić information content (AvgIpc) is 2.85. The number of fused-ring (bicyclic) bond motifs is 7. The lowest BCUT2D eigenvalue weighted by atomic mass is 9.33. The predicted octanol–water partition coefficient (Wildman–Crippen LogP) is 6.16. The van der Waals surface area contributed by atoms with Crippen LogP contribution in [0.2, 0.25) is 0 Å². The lowest BCUT2D eigenvalue weighted by Crippen LogP contribution is -2.67. The number of carboxylic acid groups (broad SMARTS) is 1. The third-order valence-corrected chi connectivity index (χ3v) is 13.9. The van der Waals surface area contributed by atoms with Gasteiger partial charge in [-0.3, -0.25) is 9.59 Å². The first kappa shape index (κ1) is 29.3. The zero-order valence-electron chi connectivity index (χ0n) is 25.8. The van der Waals surface area contributed by atoms with Gasteiger partial charge in [-0.15, -0.1) is 0 Å². The fourth-order valence-corrected chi connectivity index (χ4v) is 11.1. The fourth-order valence-electron chi connectivity index (χ4n) is 11.1. The van der Waals surface area contributed by atoms with Crippen molar-refractivity contribution < 1.29 is 19.5 Å². The lowest BCUT2D eigenvalue weighted by Gasteiger charge is -2.70. The summed E-state index contributed by atoms with van der Waals surface area (Å²) in [4.78, 5) is 31.8. The molecule has 9 atom stereocenters. The third kappa shape index (κ3) is 4.05. The first-order valence-corrected chi connectivity index (χ1v) is 15.6. The van der Waals surface area contributed by atoms with Crippen molar-refractivity contribution in [2.24, 2.45) is 50.2 Å². The van der Waals surface area contributed by atoms with E-state index >= 15 is 0 Å². The Morgan fingerprint density at radius 1 is 0.974 bits per heavy atom. The molecule has 0 aromatic heterocycles. The van der Waals surface area contributed by atoms with Crippen molar-refractivity contribution in [1.29, 1.82) is 0 Å². The summed E-state index contributed by atoms with van der Waals surface area (Å²) in [7, 11) is 1.66. The molecule has 6 heteroatoms. The van der Waals surface area contributed by atoms with Crippen molar-refractivity contribution in [1.82, 2.24) is 10.8 Å². The molecule has 0 aromatic carbocycles. The number of aliphatic carboxylic acids is 1. The molecule has 0 radical (unpaired) electrons. The van der Waals surface area contributed by atoms with Gasteiger partial charge < -0.3 is 15.3 Å². The normalized spacial score (nSPS) is 48.7. The number of allylic oxidation sites excluding steroid dienone is 2. The Morgan fingerprint density at radius 3 is 2.33 bits per heavy atom. The summed E-state index contributed by atoms with van der Waals surface area (Å²) in [6.07, 6.45) is 11.0. The second-order valence-electron chi connectivity index (χ2n) is 16.0. The Kier molecular flexibility index (Phi) is 7.04. The number of hydrogen-bond donors (Lipinski definition) is 3. The molecular formula is C33H54N2O4. The number of hydroxylamine groups is 1. The molecule has 5 aliphatic carbocycles. The highest BCUT2D eigenvalue weighted by atomic mass is 16.6. The van der Waals surface area contributed by atoms with E-state index in [9.17, 15) is 14.7 Å². The number of carboxylic acids is 1. The maximum atomic E-state index is 14.5. The molecule has 220 valence electrons. The maximum absolute atomic E-state index is 14.5. The second-order valence-corrected chi connectivity index (χ2v) is 16.0. The molecule has 6 nitrogen and oxygen atoms in total. The SMILES string of the molecule is CONCCN[C@H]1CC[C@]2(C)[C@H]3C(=O)C=C4[C@@H]5C[C@@](C)(C(=O)O)CC[C@]5(C)CC[C@@]4(C)[C@]3(C)CC[C@H]2C1(C)C. The quantitative estimate of drug-likeness (QED) is 0.275. The molecule has 4 saturated carbocycles. The van der Waals surface area contributed by atoms with E-state index in [4.69, 9.17) is 4.84 Å². The second kappa shape index (κ2) is 9.39. The summed E-state index contributed by atoms with van der Waals surface area (Å²) < 4.78 is 0. The van der Waals surface area contributed by atoms with Crippen LogP contribution in [0.1, 0.15) is 106 Å². The summed E-state index contributed by atoms with van der Waals surface area (Å²) in [6.45, 7) is 18.1. The van der Waals surface area contributed by atoms with Gasteiger partial charge in [-0.1, -0.05) is 47.1 Å². The molecule has 3 N–H and O–H groups in total. The number of hydrogen-bond acceptors (Lipinski definition) is 5. The summed E-state index contributed by atoms with van der Waals surface area (Å²) >= 11 is 0. The molecular weight excluding hydrogens is 488 g/mol. The summed E-state index contributed by atoms with van der Waals surface area (Å²) in [6, 6.07) is 0.422. The van der Waals surface area contributed by atoms with Gasteiger partial charge in [0.25, 0.3) is 0 Å². The summed E-state index contributed by atoms with van der Waals surface area (Å²) in [5.41, 5.74) is 3.52. The van der Waals surface area contributed by atoms with E-state index < -0.39 is 11.4 Å². The first-order valence-electron chi connectivity index (χ1n) is 15.6. The van der Waals surface area contributed by atoms with Gasteiger partial charge in [0.2, 0.25) is 0 Å². The standard InChI is InChI=1S/C33H54N2O4/c1-28(2)24-9-12-33(7)26(31(24,5)11-10-25(28)34-17-18-35-39-8)23(36)19-21-22-20-30(4,27(37)38)14-13-29(22,3)15-16-32(21,33)6/h19,22,24-26,34-35H,9-18,20H2,1-8H3,(H,37,38)/t22-,24-,25-,26+,29+,30-,31-,32+,33+/m0/s1. The van der Waals surface area contributed by atoms with Crippen LogP contribution < -0.4 is 10.8 Å². The van der Waals surface area contributed by atoms with Crippen molar-refractivity contribution in [3.63, 3.8) is 0 Å². The van der Waals surface area contributed by atoms with Crippen molar-refractivity contribution >= 4 is 11.8 Å². The fraction of sp³-hybridized carbons (Fsp3) is 0.879. The highest BCUT2D eigenvalue weighted by molar-refractivity contribution is 5.95. The van der Waals surface area contributed by atoms with Gasteiger partial charge in [0.05, 0.1) is 12.5 Å². The summed E-state index contributed by atoms with van der Waals surface area (Å²) in [5, 5.41) is 13.9. The van der Waals surface area contributed by atoms with Crippen LogP contribution in [0.15, 0.2) is 11.6 Å². The highest BCUT2D eigenvalue weighted by Crippen LogP contribution is 2.75. The monoisotopic (exact) mass is 542 g/mol. The van der Waals surface area contributed by atoms with E-state index in [1.165, 1.54) is 5.57 Å². The van der Waals surface area contributed by atoms with Crippen LogP contribution in [0.5, 0.6) is 0 Å². The largest absolute Gasteiger partial charge is 0.481 e. The van der Waals surface area contributed by atoms with Crippen LogP contribution in [0.3, 0.4) is 0 Å². The average molecular weight is 543 g/mol. The minimum Gasteiger partial charge on any atom is -0.481 e. The van der Waals surface area contributed by atoms with Crippen LogP contribution >= 0.6 is 0 Å². The minimum atomic E-state index is -0.706. The van der Waals surface area contributed by atoms with Gasteiger partial charge in [-0.2, -0.15) is 0 Å². The van der Waals surface area contributed by atoms with Crippen LogP contribution in [0.25, 0.3) is 0 Å². The molecule has 0 aromatic rings. The molecule has 0 saturated heterocycles. The number of carbonyl (C=O) groups is 2. The highest BCUT2D eigenvalue weighted by Gasteiger charge is 2.70. The number of nitrogens with one attached hydrogen (secondary N) is 2. The first-order chi connectivity index (χ1) is 18.1. The topological polar surface area (TPSA) is 87.7 Å². The molecule has 4 fully saturated rings. The van der Waals surface area contributed by atoms with E-state index in [0.29, 0.717) is 24.2 Å². The molecule has 0 amide bonds. The minimum absolute atomic E-state index is 0.0201. The maximum Gasteiger partial charge on any atom is 0.309 e. The van der Waals surface area contributed by atoms with E-state index in [0.717, 1.165) is 64.5 Å². The molecule has 0 bridgehead atoms. The molecule has 0 spiro atoms. The van der Waals surface area contributed by atoms with E-state index in [-0.39, 0.29) is 38.9 Å². The number of rotatable bonds is 6. The lowest BCUT2D eigenvalue weighted by molar-refractivity contribution is -0.189. The predicted molar refractivity (Wildman–Crippen MR) is 154 cm³/mol. The van der Waals surface area contributed by atoms with Crippen LogP contribution in [0, 0.1) is 50.2 Å². The molecule has 0 heterocycles. The van der Waals surface area contributed by atoms with E-state index in [1.807, 2.05) is 6.92 Å². The summed E-state index contributed by atoms with van der Waals surface area (Å²) in [5.74, 6) is 0.325. The Bertz CT molecular complexity index is 1050. The van der Waals surface area contributed by atoms with Gasteiger partial charge in [0, 0.05) is 25.0 Å². The van der Waals surface area contributed by atoms with Crippen molar-refractivity contribution in [2.75, 3.05) is 20.2 Å². The Morgan fingerprint density at radius 2 is 1.67 bits per heavy atom. The van der Waals surface area contributed by atoms with Crippen molar-refractivity contribution in [2.45, 2.75) is 112 Å². The molecule has 39 heavy (non-hydrogen) atoms. The van der Waals surface area contributed by atoms with Crippen LogP contribution in [-0.4, -0.2) is 43.1 Å². The van der Waals surface area contributed by atoms with Gasteiger partial charge in [0.15, 0.2) is 5.78 Å². The van der Waals surface area contributed by atoms with Gasteiger partial charge in [-0.25, -0.2) is 5.48 Å². The zero-order valence-corrected chi connectivity index (χ0v) is 25.8. The van der Waals surface area contributed by atoms with Gasteiger partial charge >= 0.3 is 5.97 Å². The van der Waals surface area contributed by atoms with Crippen LogP contribution in [-0.2, 0) is 14.4 Å². The van der Waals surface area contributed by atoms with E-state index in [2.05, 4.69) is 58.4 Å². The Labute approximate surface area is 236 Å². The Hall–Kier alpha value is -1.24. The third-order valence-electron chi connectivity index (χ3n) is 13.9. The van der Waals surface area contributed by atoms with Crippen molar-refractivity contribution in [3.05, 3.63) is 11.6 Å².